The summed E-state index contributed by atoms with van der Waals surface area (Å²) < 4.78 is 29.5. The van der Waals surface area contributed by atoms with Crippen LogP contribution in [-0.4, -0.2) is 32.1 Å². The molecule has 1 aliphatic rings. The molecule has 5 heteroatoms. The Morgan fingerprint density at radius 3 is 2.50 bits per heavy atom. The summed E-state index contributed by atoms with van der Waals surface area (Å²) >= 11 is 0. The van der Waals surface area contributed by atoms with Crippen LogP contribution in [0.2, 0.25) is 0 Å². The topological polar surface area (TPSA) is 55.4 Å². The second kappa shape index (κ2) is 6.14. The third-order valence-electron chi connectivity index (χ3n) is 3.42. The number of rotatable bonds is 3. The first-order valence-electron chi connectivity index (χ1n) is 7.09. The molecule has 20 heavy (non-hydrogen) atoms. The van der Waals surface area contributed by atoms with E-state index in [1.54, 1.807) is 0 Å². The van der Waals surface area contributed by atoms with Crippen molar-refractivity contribution in [3.63, 3.8) is 0 Å². The fourth-order valence-corrected chi connectivity index (χ4v) is 4.09. The van der Waals surface area contributed by atoms with Crippen LogP contribution in [0.1, 0.15) is 38.8 Å². The quantitative estimate of drug-likeness (QED) is 0.930. The van der Waals surface area contributed by atoms with Crippen LogP contribution in [-0.2, 0) is 9.84 Å². The van der Waals surface area contributed by atoms with Gasteiger partial charge in [-0.05, 0) is 44.9 Å². The Kier molecular flexibility index (Phi) is 4.70. The van der Waals surface area contributed by atoms with Gasteiger partial charge >= 0.3 is 0 Å². The monoisotopic (exact) mass is 297 g/mol. The third-order valence-corrected chi connectivity index (χ3v) is 5.12. The third kappa shape index (κ3) is 4.21. The minimum atomic E-state index is -2.97. The molecule has 1 N–H and O–H groups in total. The highest BCUT2D eigenvalue weighted by molar-refractivity contribution is 7.91. The second-order valence-electron chi connectivity index (χ2n) is 5.76. The maximum Gasteiger partial charge on any atom is 0.152 e. The largest absolute Gasteiger partial charge is 0.491 e. The zero-order chi connectivity index (χ0) is 14.8. The molecule has 1 saturated heterocycles. The van der Waals surface area contributed by atoms with Gasteiger partial charge in [0, 0.05) is 12.1 Å². The Bertz CT molecular complexity index is 537. The molecule has 0 spiro atoms. The molecule has 1 aliphatic heterocycles. The first kappa shape index (κ1) is 15.3. The zero-order valence-corrected chi connectivity index (χ0v) is 13.1. The average molecular weight is 297 g/mol. The minimum absolute atomic E-state index is 0.134. The fourth-order valence-electron chi connectivity index (χ4n) is 2.41. The Labute approximate surface area is 121 Å². The van der Waals surface area contributed by atoms with E-state index in [2.05, 4.69) is 5.32 Å². The molecule has 0 radical (unpaired) electrons. The minimum Gasteiger partial charge on any atom is -0.491 e. The number of hydrogen-bond acceptors (Lipinski definition) is 4. The van der Waals surface area contributed by atoms with Gasteiger partial charge in [0.25, 0.3) is 0 Å². The number of benzene rings is 1. The van der Waals surface area contributed by atoms with Gasteiger partial charge in [-0.1, -0.05) is 12.1 Å². The number of nitrogens with one attached hydrogen (secondary N) is 1. The molecule has 0 bridgehead atoms. The molecule has 1 aromatic carbocycles. The van der Waals surface area contributed by atoms with Gasteiger partial charge < -0.3 is 10.1 Å². The Hall–Kier alpha value is -1.07. The van der Waals surface area contributed by atoms with Crippen molar-refractivity contribution >= 4 is 9.84 Å². The lowest BCUT2D eigenvalue weighted by molar-refractivity contribution is 0.242. The molecule has 1 heterocycles. The van der Waals surface area contributed by atoms with E-state index in [0.29, 0.717) is 6.42 Å². The molecule has 2 atom stereocenters. The van der Waals surface area contributed by atoms with E-state index in [1.807, 2.05) is 45.0 Å². The molecule has 112 valence electrons. The summed E-state index contributed by atoms with van der Waals surface area (Å²) in [5.74, 6) is 1.25. The van der Waals surface area contributed by atoms with Gasteiger partial charge in [-0.15, -0.1) is 0 Å². The summed E-state index contributed by atoms with van der Waals surface area (Å²) in [6.45, 7) is 5.99. The number of sulfone groups is 1. The van der Waals surface area contributed by atoms with Gasteiger partial charge in [0.2, 0.25) is 0 Å². The molecule has 0 saturated carbocycles. The van der Waals surface area contributed by atoms with Gasteiger partial charge in [-0.25, -0.2) is 8.42 Å². The maximum absolute atomic E-state index is 11.9. The van der Waals surface area contributed by atoms with Gasteiger partial charge in [0.15, 0.2) is 9.84 Å². The molecule has 0 aliphatic carbocycles. The normalized spacial score (nSPS) is 26.2. The van der Waals surface area contributed by atoms with Crippen LogP contribution in [0.4, 0.5) is 0 Å². The summed E-state index contributed by atoms with van der Waals surface area (Å²) in [5, 5.41) is 3.39. The number of ether oxygens (including phenoxy) is 1. The van der Waals surface area contributed by atoms with E-state index < -0.39 is 9.84 Å². The van der Waals surface area contributed by atoms with Crippen LogP contribution in [0.25, 0.3) is 0 Å². The van der Waals surface area contributed by atoms with Crippen molar-refractivity contribution in [1.82, 2.24) is 5.32 Å². The second-order valence-corrected chi connectivity index (χ2v) is 7.99. The lowest BCUT2D eigenvalue weighted by Crippen LogP contribution is -2.30. The molecule has 0 amide bonds. The molecule has 4 nitrogen and oxygen atoms in total. The molecule has 2 rings (SSSR count). The van der Waals surface area contributed by atoms with Gasteiger partial charge in [-0.3, -0.25) is 0 Å². The van der Waals surface area contributed by atoms with Gasteiger partial charge in [0.1, 0.15) is 5.75 Å². The highest BCUT2D eigenvalue weighted by Gasteiger charge is 2.26. The average Bonchev–Trinajstić information content (AvgIpc) is 2.48. The zero-order valence-electron chi connectivity index (χ0n) is 12.3. The van der Waals surface area contributed by atoms with Crippen molar-refractivity contribution in [2.75, 3.05) is 11.5 Å². The van der Waals surface area contributed by atoms with Crippen molar-refractivity contribution in [3.8, 4) is 5.75 Å². The van der Waals surface area contributed by atoms with E-state index in [4.69, 9.17) is 4.74 Å². The van der Waals surface area contributed by atoms with Crippen molar-refractivity contribution in [2.24, 2.45) is 0 Å². The standard InChI is InChI=1S/C15H23NO3S/c1-11(2)19-14-6-4-13(5-7-14)15-10-20(17,18)9-8-12(3)16-15/h4-7,11-12,15-16H,8-10H2,1-3H3. The molecular weight excluding hydrogens is 274 g/mol. The highest BCUT2D eigenvalue weighted by atomic mass is 32.2. The summed E-state index contributed by atoms with van der Waals surface area (Å²) in [6, 6.07) is 7.78. The Morgan fingerprint density at radius 2 is 1.90 bits per heavy atom. The van der Waals surface area contributed by atoms with Crippen LogP contribution in [0.3, 0.4) is 0 Å². The molecular formula is C15H23NO3S. The van der Waals surface area contributed by atoms with Gasteiger partial charge in [0.05, 0.1) is 17.6 Å². The molecule has 1 aromatic rings. The smallest absolute Gasteiger partial charge is 0.152 e. The predicted octanol–water partition coefficient (Wildman–Crippen LogP) is 2.31. The Morgan fingerprint density at radius 1 is 1.25 bits per heavy atom. The lowest BCUT2D eigenvalue weighted by Gasteiger charge is -2.20. The molecule has 1 fully saturated rings. The summed E-state index contributed by atoms with van der Waals surface area (Å²) in [7, 11) is -2.97. The van der Waals surface area contributed by atoms with Crippen LogP contribution in [0.5, 0.6) is 5.75 Å². The van der Waals surface area contributed by atoms with E-state index in [-0.39, 0.29) is 29.7 Å². The Balaban J connectivity index is 2.16. The first-order chi connectivity index (χ1) is 9.35. The molecule has 2 unspecified atom stereocenters. The van der Waals surface area contributed by atoms with E-state index in [9.17, 15) is 8.42 Å². The van der Waals surface area contributed by atoms with Crippen LogP contribution in [0, 0.1) is 0 Å². The highest BCUT2D eigenvalue weighted by Crippen LogP contribution is 2.23. The van der Waals surface area contributed by atoms with E-state index in [1.165, 1.54) is 0 Å². The SMILES string of the molecule is CC1CCS(=O)(=O)CC(c2ccc(OC(C)C)cc2)N1. The summed E-state index contributed by atoms with van der Waals surface area (Å²) in [4.78, 5) is 0. The van der Waals surface area contributed by atoms with Crippen molar-refractivity contribution in [2.45, 2.75) is 45.4 Å². The van der Waals surface area contributed by atoms with Crippen LogP contribution < -0.4 is 10.1 Å². The van der Waals surface area contributed by atoms with E-state index in [0.717, 1.165) is 11.3 Å². The maximum atomic E-state index is 11.9. The van der Waals surface area contributed by atoms with E-state index >= 15 is 0 Å². The first-order valence-corrected chi connectivity index (χ1v) is 8.91. The molecule has 0 aromatic heterocycles. The van der Waals surface area contributed by atoms with Crippen LogP contribution >= 0.6 is 0 Å². The summed E-state index contributed by atoms with van der Waals surface area (Å²) in [6.07, 6.45) is 0.810. The van der Waals surface area contributed by atoms with Crippen molar-refractivity contribution < 1.29 is 13.2 Å². The summed E-state index contributed by atoms with van der Waals surface area (Å²) in [5.41, 5.74) is 0.999. The van der Waals surface area contributed by atoms with Crippen LogP contribution in [0.15, 0.2) is 24.3 Å². The van der Waals surface area contributed by atoms with Crippen molar-refractivity contribution in [1.29, 1.82) is 0 Å². The lowest BCUT2D eigenvalue weighted by atomic mass is 10.1. The predicted molar refractivity (Wildman–Crippen MR) is 80.8 cm³/mol. The van der Waals surface area contributed by atoms with Crippen molar-refractivity contribution in [3.05, 3.63) is 29.8 Å². The number of hydrogen-bond donors (Lipinski definition) is 1. The van der Waals surface area contributed by atoms with Gasteiger partial charge in [-0.2, -0.15) is 0 Å². The fraction of sp³-hybridized carbons (Fsp3) is 0.600.